The van der Waals surface area contributed by atoms with Crippen LogP contribution in [0, 0.1) is 5.41 Å². The number of aromatic nitrogens is 2. The summed E-state index contributed by atoms with van der Waals surface area (Å²) in [4.78, 5) is 28.3. The van der Waals surface area contributed by atoms with Gasteiger partial charge in [0.25, 0.3) is 21.9 Å². The molecule has 40 heavy (non-hydrogen) atoms. The number of anilines is 1. The summed E-state index contributed by atoms with van der Waals surface area (Å²) in [6.45, 7) is 0. The number of carbonyl (C=O) groups is 2. The quantitative estimate of drug-likeness (QED) is 0.139. The van der Waals surface area contributed by atoms with Crippen molar-refractivity contribution in [1.29, 1.82) is 5.41 Å². The van der Waals surface area contributed by atoms with Crippen molar-refractivity contribution in [2.75, 3.05) is 16.9 Å². The number of amides is 2. The number of fused-ring (bicyclic) bond motifs is 1. The number of nitrogens with two attached hydrogens (primary N) is 1. The van der Waals surface area contributed by atoms with Crippen molar-refractivity contribution in [2.24, 2.45) is 12.8 Å². The van der Waals surface area contributed by atoms with Crippen LogP contribution in [0.5, 0.6) is 0 Å². The van der Waals surface area contributed by atoms with Gasteiger partial charge in [0.15, 0.2) is 5.17 Å². The predicted molar refractivity (Wildman–Crippen MR) is 159 cm³/mol. The summed E-state index contributed by atoms with van der Waals surface area (Å²) in [5.74, 6) is 0.148. The van der Waals surface area contributed by atoms with Crippen molar-refractivity contribution in [3.05, 3.63) is 72.1 Å². The smallest absolute Gasteiger partial charge is 0.266 e. The van der Waals surface area contributed by atoms with Gasteiger partial charge in [0.1, 0.15) is 0 Å². The Morgan fingerprint density at radius 2 is 1.82 bits per heavy atom. The summed E-state index contributed by atoms with van der Waals surface area (Å²) >= 11 is 1.35. The molecule has 2 aromatic carbocycles. The molecule has 1 unspecified atom stereocenters. The highest BCUT2D eigenvalue weighted by atomic mass is 32.2. The lowest BCUT2D eigenvalue weighted by atomic mass is 9.97. The highest BCUT2D eigenvalue weighted by molar-refractivity contribution is 8.13. The van der Waals surface area contributed by atoms with E-state index in [1.165, 1.54) is 28.3 Å². The maximum atomic E-state index is 13.7. The molecule has 0 saturated heterocycles. The van der Waals surface area contributed by atoms with E-state index in [2.05, 4.69) is 10.6 Å². The third kappa shape index (κ3) is 5.29. The average molecular weight is 580 g/mol. The highest BCUT2D eigenvalue weighted by Crippen LogP contribution is 2.42. The van der Waals surface area contributed by atoms with Gasteiger partial charge in [0, 0.05) is 59.2 Å². The Labute approximate surface area is 235 Å². The van der Waals surface area contributed by atoms with Crippen LogP contribution < -0.4 is 10.6 Å². The van der Waals surface area contributed by atoms with Crippen LogP contribution >= 0.6 is 11.8 Å². The number of para-hydroxylation sites is 2. The number of imide groups is 1. The average Bonchev–Trinajstić information content (AvgIpc) is 3.52. The van der Waals surface area contributed by atoms with Crippen LogP contribution in [0.3, 0.4) is 0 Å². The van der Waals surface area contributed by atoms with Gasteiger partial charge in [0.2, 0.25) is 0 Å². The van der Waals surface area contributed by atoms with Gasteiger partial charge in [-0.15, -0.1) is 0 Å². The second kappa shape index (κ2) is 10.6. The van der Waals surface area contributed by atoms with Crippen LogP contribution in [0.15, 0.2) is 60.9 Å². The lowest BCUT2D eigenvalue weighted by molar-refractivity contribution is -0.119. The molecule has 10 nitrogen and oxygen atoms in total. The summed E-state index contributed by atoms with van der Waals surface area (Å²) in [6, 6.07) is 14.2. The van der Waals surface area contributed by atoms with E-state index in [4.69, 9.17) is 15.7 Å². The number of amidine groups is 1. The largest absolute Gasteiger partial charge is 0.379 e. The number of rotatable bonds is 5. The lowest BCUT2D eigenvalue weighted by Crippen LogP contribution is -2.30. The van der Waals surface area contributed by atoms with Crippen molar-refractivity contribution < 1.29 is 22.6 Å². The summed E-state index contributed by atoms with van der Waals surface area (Å²) in [5.41, 5.74) is 10.7. The Bertz CT molecular complexity index is 1810. The molecule has 2 amide bonds. The normalized spacial score (nSPS) is 16.8. The number of aryl methyl sites for hydroxylation is 2. The summed E-state index contributed by atoms with van der Waals surface area (Å²) in [7, 11) is -1.72. The fourth-order valence-electron chi connectivity index (χ4n) is 5.53. The first-order valence-electron chi connectivity index (χ1n) is 12.6. The maximum Gasteiger partial charge on any atom is 0.266 e. The third-order valence-corrected chi connectivity index (χ3v) is 7.86. The standard InChI is InChI=1S/C27H25N5O2S.CH4O3S/c1-30-14-21(18-6-2-3-8-22(18)30)20-13-24(33)32(26(20)34)23-15-31-17(11-12-35-27(28)29)10-9-16-5-4-7-19(23)25(16)31;1-5(2,3)4/h2-8,13-15,17H,9-12H2,1H3,(H3,28,29);1H3,(H,2,3,4). The molecule has 2 aliphatic heterocycles. The molecule has 0 aliphatic carbocycles. The molecule has 0 fully saturated rings. The first kappa shape index (κ1) is 27.7. The van der Waals surface area contributed by atoms with E-state index < -0.39 is 10.1 Å². The molecule has 0 spiro atoms. The van der Waals surface area contributed by atoms with Crippen molar-refractivity contribution in [3.63, 3.8) is 0 Å². The first-order valence-corrected chi connectivity index (χ1v) is 15.4. The topological polar surface area (TPSA) is 151 Å². The van der Waals surface area contributed by atoms with Gasteiger partial charge in [-0.05, 0) is 30.9 Å². The van der Waals surface area contributed by atoms with Crippen molar-refractivity contribution in [3.8, 4) is 0 Å². The number of nitrogens with one attached hydrogen (secondary N) is 1. The van der Waals surface area contributed by atoms with Gasteiger partial charge in [-0.2, -0.15) is 8.42 Å². The van der Waals surface area contributed by atoms with Gasteiger partial charge in [-0.25, -0.2) is 4.90 Å². The molecule has 2 aromatic heterocycles. The number of nitrogens with zero attached hydrogens (tertiary/aromatic N) is 3. The van der Waals surface area contributed by atoms with E-state index in [0.29, 0.717) is 17.5 Å². The zero-order chi connectivity index (χ0) is 28.8. The Balaban J connectivity index is 0.000000595. The third-order valence-electron chi connectivity index (χ3n) is 7.11. The molecular weight excluding hydrogens is 550 g/mol. The Morgan fingerprint density at radius 3 is 2.55 bits per heavy atom. The second-order valence-electron chi connectivity index (χ2n) is 9.87. The minimum absolute atomic E-state index is 0.125. The van der Waals surface area contributed by atoms with Gasteiger partial charge in [-0.3, -0.25) is 19.6 Å². The Hall–Kier alpha value is -3.87. The molecule has 6 rings (SSSR count). The van der Waals surface area contributed by atoms with Gasteiger partial charge in [0.05, 0.1) is 23.0 Å². The fraction of sp³-hybridized carbons (Fsp3) is 0.250. The zero-order valence-corrected chi connectivity index (χ0v) is 23.6. The predicted octanol–water partition coefficient (Wildman–Crippen LogP) is 4.10. The second-order valence-corrected chi connectivity index (χ2v) is 12.5. The van der Waals surface area contributed by atoms with E-state index in [1.54, 1.807) is 0 Å². The molecule has 4 N–H and O–H groups in total. The number of hydrogen-bond donors (Lipinski definition) is 3. The van der Waals surface area contributed by atoms with Gasteiger partial charge >= 0.3 is 0 Å². The van der Waals surface area contributed by atoms with Crippen LogP contribution in [0.1, 0.15) is 30.0 Å². The minimum Gasteiger partial charge on any atom is -0.379 e. The zero-order valence-electron chi connectivity index (χ0n) is 22.0. The number of hydrogen-bond acceptors (Lipinski definition) is 6. The minimum atomic E-state index is -3.67. The molecule has 4 heterocycles. The monoisotopic (exact) mass is 579 g/mol. The van der Waals surface area contributed by atoms with Gasteiger partial charge < -0.3 is 14.9 Å². The molecule has 4 aromatic rings. The van der Waals surface area contributed by atoms with Crippen LogP contribution in [-0.2, 0) is 33.2 Å². The maximum absolute atomic E-state index is 13.7. The fourth-order valence-corrected chi connectivity index (χ4v) is 6.14. The van der Waals surface area contributed by atoms with Crippen LogP contribution in [0.4, 0.5) is 5.69 Å². The molecule has 0 radical (unpaired) electrons. The van der Waals surface area contributed by atoms with Crippen LogP contribution in [0.25, 0.3) is 27.4 Å². The van der Waals surface area contributed by atoms with Crippen molar-refractivity contribution >= 4 is 71.9 Å². The summed E-state index contributed by atoms with van der Waals surface area (Å²) in [5, 5.41) is 9.49. The molecular formula is C28H29N5O5S2. The van der Waals surface area contributed by atoms with Crippen LogP contribution in [-0.4, -0.2) is 51.1 Å². The number of benzene rings is 2. The number of thioether (sulfide) groups is 1. The van der Waals surface area contributed by atoms with Gasteiger partial charge in [-0.1, -0.05) is 48.2 Å². The molecule has 2 aliphatic rings. The number of carbonyl (C=O) groups excluding carboxylic acids is 2. The lowest BCUT2D eigenvalue weighted by Gasteiger charge is -2.25. The highest BCUT2D eigenvalue weighted by Gasteiger charge is 2.37. The first-order chi connectivity index (χ1) is 18.9. The van der Waals surface area contributed by atoms with E-state index in [0.717, 1.165) is 52.4 Å². The van der Waals surface area contributed by atoms with Crippen molar-refractivity contribution in [1.82, 2.24) is 9.13 Å². The molecule has 1 atom stereocenters. The summed E-state index contributed by atoms with van der Waals surface area (Å²) < 4.78 is 30.1. The van der Waals surface area contributed by atoms with Crippen molar-refractivity contribution in [2.45, 2.75) is 25.3 Å². The SMILES string of the molecule is CS(=O)(=O)O.Cn1cc(C2=CC(=O)N(c3cn4c5c(cccc35)CCC4CCSC(=N)N)C2=O)c2ccccc21. The van der Waals surface area contributed by atoms with E-state index in [1.807, 2.05) is 60.4 Å². The Morgan fingerprint density at radius 1 is 1.12 bits per heavy atom. The summed E-state index contributed by atoms with van der Waals surface area (Å²) in [6.07, 6.45) is 8.85. The van der Waals surface area contributed by atoms with E-state index in [9.17, 15) is 18.0 Å². The van der Waals surface area contributed by atoms with E-state index >= 15 is 0 Å². The molecule has 0 bridgehead atoms. The Kier molecular flexibility index (Phi) is 7.34. The van der Waals surface area contributed by atoms with Crippen LogP contribution in [0.2, 0.25) is 0 Å². The molecule has 208 valence electrons. The molecule has 0 saturated carbocycles. The molecule has 12 heteroatoms. The van der Waals surface area contributed by atoms with E-state index in [-0.39, 0.29) is 23.0 Å².